The van der Waals surface area contributed by atoms with E-state index in [1.165, 1.54) is 0 Å². The van der Waals surface area contributed by atoms with Gasteiger partial charge >= 0.3 is 0 Å². The molecule has 0 aliphatic rings. The Balaban J connectivity index is 2.14. The van der Waals surface area contributed by atoms with Crippen molar-refractivity contribution in [3.63, 3.8) is 0 Å². The van der Waals surface area contributed by atoms with Gasteiger partial charge in [0.15, 0.2) is 11.5 Å². The zero-order valence-corrected chi connectivity index (χ0v) is 10.6. The zero-order chi connectivity index (χ0) is 13.1. The van der Waals surface area contributed by atoms with E-state index in [1.807, 2.05) is 6.92 Å². The Morgan fingerprint density at radius 3 is 3.06 bits per heavy atom. The maximum absolute atomic E-state index is 11.8. The molecule has 0 spiro atoms. The van der Waals surface area contributed by atoms with Crippen molar-refractivity contribution < 1.29 is 9.21 Å². The smallest absolute Gasteiger partial charge is 0.241 e. The lowest BCUT2D eigenvalue weighted by atomic mass is 10.1. The molecule has 0 aliphatic carbocycles. The lowest BCUT2D eigenvalue weighted by Crippen LogP contribution is -2.35. The lowest BCUT2D eigenvalue weighted by Gasteiger charge is -2.10. The van der Waals surface area contributed by atoms with Crippen LogP contribution in [0.5, 0.6) is 0 Å². The minimum Gasteiger partial charge on any atom is -0.441 e. The van der Waals surface area contributed by atoms with Crippen molar-refractivity contribution >= 4 is 22.7 Å². The molecule has 0 saturated heterocycles. The van der Waals surface area contributed by atoms with Crippen molar-refractivity contribution in [1.29, 1.82) is 0 Å². The highest BCUT2D eigenvalue weighted by atomic mass is 16.3. The molecule has 0 aliphatic heterocycles. The van der Waals surface area contributed by atoms with Gasteiger partial charge < -0.3 is 15.5 Å². The number of hydrogen-bond acceptors (Lipinski definition) is 4. The molecule has 3 N–H and O–H groups in total. The first-order chi connectivity index (χ1) is 8.60. The molecule has 0 fully saturated rings. The number of oxazole rings is 1. The largest absolute Gasteiger partial charge is 0.441 e. The van der Waals surface area contributed by atoms with E-state index in [1.54, 1.807) is 25.1 Å². The summed E-state index contributed by atoms with van der Waals surface area (Å²) in [5.41, 5.74) is 7.88. The van der Waals surface area contributed by atoms with Crippen molar-refractivity contribution in [3.05, 3.63) is 24.1 Å². The second-order valence-electron chi connectivity index (χ2n) is 4.30. The summed E-state index contributed by atoms with van der Waals surface area (Å²) in [5.74, 6) is 0.438. The number of fused-ring (bicyclic) bond motifs is 1. The van der Waals surface area contributed by atoms with E-state index in [0.717, 1.165) is 11.9 Å². The average Bonchev–Trinajstić information content (AvgIpc) is 2.68. The quantitative estimate of drug-likeness (QED) is 0.867. The van der Waals surface area contributed by atoms with Crippen LogP contribution in [-0.4, -0.2) is 16.9 Å². The first-order valence-corrected chi connectivity index (χ1v) is 6.03. The van der Waals surface area contributed by atoms with E-state index in [2.05, 4.69) is 10.3 Å². The molecule has 2 rings (SSSR count). The topological polar surface area (TPSA) is 81.2 Å². The number of hydrogen-bond donors (Lipinski definition) is 2. The number of aromatic nitrogens is 1. The summed E-state index contributed by atoms with van der Waals surface area (Å²) >= 11 is 0. The number of nitrogens with two attached hydrogens (primary N) is 1. The van der Waals surface area contributed by atoms with Crippen molar-refractivity contribution in [3.8, 4) is 0 Å². The third-order valence-electron chi connectivity index (χ3n) is 2.70. The first kappa shape index (κ1) is 12.6. The van der Waals surface area contributed by atoms with Crippen molar-refractivity contribution in [2.75, 3.05) is 5.32 Å². The predicted molar refractivity (Wildman–Crippen MR) is 70.3 cm³/mol. The monoisotopic (exact) mass is 247 g/mol. The lowest BCUT2D eigenvalue weighted by molar-refractivity contribution is -0.117. The van der Waals surface area contributed by atoms with Crippen molar-refractivity contribution in [2.24, 2.45) is 5.73 Å². The van der Waals surface area contributed by atoms with Gasteiger partial charge in [0, 0.05) is 12.6 Å². The van der Waals surface area contributed by atoms with E-state index in [-0.39, 0.29) is 5.91 Å². The Bertz CT molecular complexity index is 562. The number of nitrogens with one attached hydrogen (secondary N) is 1. The molecule has 1 amide bonds. The molecule has 2 aromatic rings. The minimum absolute atomic E-state index is 0.170. The highest BCUT2D eigenvalue weighted by molar-refractivity contribution is 5.96. The summed E-state index contributed by atoms with van der Waals surface area (Å²) in [6.07, 6.45) is 1.56. The van der Waals surface area contributed by atoms with Crippen molar-refractivity contribution in [1.82, 2.24) is 4.98 Å². The summed E-state index contributed by atoms with van der Waals surface area (Å²) in [7, 11) is 0. The SMILES string of the molecule is CCCC(N)C(=O)Nc1ccc2oc(C)nc2c1. The van der Waals surface area contributed by atoms with E-state index in [9.17, 15) is 4.79 Å². The highest BCUT2D eigenvalue weighted by Crippen LogP contribution is 2.19. The maximum atomic E-state index is 11.8. The Morgan fingerprint density at radius 1 is 1.56 bits per heavy atom. The molecule has 1 atom stereocenters. The highest BCUT2D eigenvalue weighted by Gasteiger charge is 2.13. The van der Waals surface area contributed by atoms with Gasteiger partial charge in [0.25, 0.3) is 0 Å². The molecule has 0 radical (unpaired) electrons. The molecular formula is C13H17N3O2. The number of amides is 1. The summed E-state index contributed by atoms with van der Waals surface area (Å²) in [6, 6.07) is 4.88. The molecule has 96 valence electrons. The predicted octanol–water partition coefficient (Wildman–Crippen LogP) is 2.20. The number of carbonyl (C=O) groups is 1. The Labute approximate surface area is 105 Å². The van der Waals surface area contributed by atoms with Crippen LogP contribution in [-0.2, 0) is 4.79 Å². The van der Waals surface area contributed by atoms with Crippen LogP contribution in [0.15, 0.2) is 22.6 Å². The second-order valence-corrected chi connectivity index (χ2v) is 4.30. The number of benzene rings is 1. The molecule has 5 nitrogen and oxygen atoms in total. The van der Waals surface area contributed by atoms with Crippen molar-refractivity contribution in [2.45, 2.75) is 32.7 Å². The third-order valence-corrected chi connectivity index (χ3v) is 2.70. The van der Waals surface area contributed by atoms with Gasteiger partial charge in [0.05, 0.1) is 6.04 Å². The number of anilines is 1. The van der Waals surface area contributed by atoms with Crippen LogP contribution in [0.1, 0.15) is 25.7 Å². The summed E-state index contributed by atoms with van der Waals surface area (Å²) in [4.78, 5) is 16.0. The second kappa shape index (κ2) is 5.18. The Kier molecular flexibility index (Phi) is 3.62. The molecule has 1 aromatic carbocycles. The summed E-state index contributed by atoms with van der Waals surface area (Å²) in [5, 5.41) is 2.78. The van der Waals surface area contributed by atoms with Crippen LogP contribution in [0.25, 0.3) is 11.1 Å². The molecule has 5 heteroatoms. The summed E-state index contributed by atoms with van der Waals surface area (Å²) in [6.45, 7) is 3.78. The van der Waals surface area contributed by atoms with E-state index < -0.39 is 6.04 Å². The van der Waals surface area contributed by atoms with Gasteiger partial charge in [-0.2, -0.15) is 0 Å². The number of carbonyl (C=O) groups excluding carboxylic acids is 1. The Hall–Kier alpha value is -1.88. The van der Waals surface area contributed by atoms with E-state index in [0.29, 0.717) is 23.6 Å². The molecule has 1 unspecified atom stereocenters. The third kappa shape index (κ3) is 2.68. The van der Waals surface area contributed by atoms with Gasteiger partial charge in [-0.05, 0) is 24.6 Å². The van der Waals surface area contributed by atoms with Gasteiger partial charge in [-0.1, -0.05) is 13.3 Å². The molecule has 0 bridgehead atoms. The van der Waals surface area contributed by atoms with Gasteiger partial charge in [0.2, 0.25) is 5.91 Å². The van der Waals surface area contributed by atoms with Gasteiger partial charge in [-0.15, -0.1) is 0 Å². The Morgan fingerprint density at radius 2 is 2.33 bits per heavy atom. The minimum atomic E-state index is -0.468. The number of rotatable bonds is 4. The van der Waals surface area contributed by atoms with Gasteiger partial charge in [-0.25, -0.2) is 4.98 Å². The van der Waals surface area contributed by atoms with Gasteiger partial charge in [-0.3, -0.25) is 4.79 Å². The van der Waals surface area contributed by atoms with Crippen LogP contribution >= 0.6 is 0 Å². The standard InChI is InChI=1S/C13H17N3O2/c1-3-4-10(14)13(17)16-9-5-6-12-11(7-9)15-8(2)18-12/h5-7,10H,3-4,14H2,1-2H3,(H,16,17). The number of nitrogens with zero attached hydrogens (tertiary/aromatic N) is 1. The fourth-order valence-corrected chi connectivity index (χ4v) is 1.80. The average molecular weight is 247 g/mol. The van der Waals surface area contributed by atoms with E-state index in [4.69, 9.17) is 10.2 Å². The molecule has 1 aromatic heterocycles. The van der Waals surface area contributed by atoms with Crippen LogP contribution in [0.2, 0.25) is 0 Å². The van der Waals surface area contributed by atoms with Crippen LogP contribution < -0.4 is 11.1 Å². The molecule has 1 heterocycles. The van der Waals surface area contributed by atoms with Crippen LogP contribution in [0.4, 0.5) is 5.69 Å². The summed E-state index contributed by atoms with van der Waals surface area (Å²) < 4.78 is 5.37. The maximum Gasteiger partial charge on any atom is 0.241 e. The molecule has 0 saturated carbocycles. The first-order valence-electron chi connectivity index (χ1n) is 6.03. The molecule has 18 heavy (non-hydrogen) atoms. The normalized spacial score (nSPS) is 12.6. The van der Waals surface area contributed by atoms with Crippen LogP contribution in [0.3, 0.4) is 0 Å². The fourth-order valence-electron chi connectivity index (χ4n) is 1.80. The number of aryl methyl sites for hydroxylation is 1. The molecular weight excluding hydrogens is 230 g/mol. The zero-order valence-electron chi connectivity index (χ0n) is 10.6. The van der Waals surface area contributed by atoms with Crippen LogP contribution in [0, 0.1) is 6.92 Å². The fraction of sp³-hybridized carbons (Fsp3) is 0.385. The van der Waals surface area contributed by atoms with Gasteiger partial charge in [0.1, 0.15) is 5.52 Å². The van der Waals surface area contributed by atoms with E-state index >= 15 is 0 Å².